The lowest BCUT2D eigenvalue weighted by Crippen LogP contribution is -2.39. The van der Waals surface area contributed by atoms with Crippen LogP contribution < -0.4 is 4.90 Å². The van der Waals surface area contributed by atoms with Crippen LogP contribution in [0.15, 0.2) is 47.4 Å². The van der Waals surface area contributed by atoms with Gasteiger partial charge in [0.15, 0.2) is 15.0 Å². The smallest absolute Gasteiger partial charge is 0.261 e. The largest absolute Gasteiger partial charge is 0.379 e. The fourth-order valence-corrected chi connectivity index (χ4v) is 5.82. The molecule has 0 N–H and O–H groups in total. The van der Waals surface area contributed by atoms with Crippen LogP contribution in [0.2, 0.25) is 5.02 Å². The molecule has 1 saturated heterocycles. The van der Waals surface area contributed by atoms with E-state index in [4.69, 9.17) is 16.3 Å². The van der Waals surface area contributed by atoms with Crippen molar-refractivity contribution in [2.24, 2.45) is 0 Å². The second kappa shape index (κ2) is 9.84. The van der Waals surface area contributed by atoms with Gasteiger partial charge in [0, 0.05) is 37.5 Å². The normalized spacial score (nSPS) is 15.2. The number of carbonyl (C=O) groups excluding carboxylic acids is 1. The number of fused-ring (bicyclic) bond motifs is 1. The third-order valence-electron chi connectivity index (χ3n) is 5.29. The van der Waals surface area contributed by atoms with E-state index in [9.17, 15) is 13.2 Å². The van der Waals surface area contributed by atoms with Gasteiger partial charge >= 0.3 is 0 Å². The van der Waals surface area contributed by atoms with Crippen LogP contribution in [0.4, 0.5) is 5.13 Å². The number of amides is 1. The van der Waals surface area contributed by atoms with Crippen molar-refractivity contribution in [3.63, 3.8) is 0 Å². The molecule has 1 aliphatic rings. The molecule has 4 rings (SSSR count). The molecule has 32 heavy (non-hydrogen) atoms. The monoisotopic (exact) mass is 493 g/mol. The van der Waals surface area contributed by atoms with Crippen LogP contribution in [0.25, 0.3) is 10.2 Å². The topological polar surface area (TPSA) is 79.8 Å². The highest BCUT2D eigenvalue weighted by molar-refractivity contribution is 7.90. The molecule has 0 radical (unpaired) electrons. The van der Waals surface area contributed by atoms with E-state index in [1.54, 1.807) is 29.2 Å². The number of aromatic nitrogens is 1. The Hall–Kier alpha value is -2.04. The molecule has 1 aliphatic heterocycles. The molecule has 1 amide bonds. The number of anilines is 1. The summed E-state index contributed by atoms with van der Waals surface area (Å²) >= 11 is 7.49. The van der Waals surface area contributed by atoms with Gasteiger partial charge in [-0.15, -0.1) is 0 Å². The van der Waals surface area contributed by atoms with Gasteiger partial charge in [0.05, 0.1) is 33.9 Å². The van der Waals surface area contributed by atoms with Crippen LogP contribution in [0, 0.1) is 0 Å². The average molecular weight is 494 g/mol. The first kappa shape index (κ1) is 23.1. The SMILES string of the molecule is CS(=O)(=O)c1ccccc1C(=O)N(CCCN1CCOCC1)c1nc2ccc(Cl)cc2s1. The quantitative estimate of drug-likeness (QED) is 0.499. The minimum Gasteiger partial charge on any atom is -0.379 e. The first-order valence-electron chi connectivity index (χ1n) is 10.3. The molecule has 0 bridgehead atoms. The first-order chi connectivity index (χ1) is 15.3. The van der Waals surface area contributed by atoms with Gasteiger partial charge in [0.2, 0.25) is 0 Å². The van der Waals surface area contributed by atoms with Gasteiger partial charge in [-0.1, -0.05) is 35.1 Å². The Morgan fingerprint density at radius 2 is 1.97 bits per heavy atom. The number of hydrogen-bond donors (Lipinski definition) is 0. The summed E-state index contributed by atoms with van der Waals surface area (Å²) in [6, 6.07) is 11.7. The maximum Gasteiger partial charge on any atom is 0.261 e. The van der Waals surface area contributed by atoms with Gasteiger partial charge < -0.3 is 4.74 Å². The van der Waals surface area contributed by atoms with Gasteiger partial charge in [-0.05, 0) is 36.8 Å². The average Bonchev–Trinajstić information content (AvgIpc) is 3.19. The molecular weight excluding hydrogens is 470 g/mol. The molecule has 2 aromatic carbocycles. The summed E-state index contributed by atoms with van der Waals surface area (Å²) in [5.41, 5.74) is 0.899. The van der Waals surface area contributed by atoms with E-state index in [2.05, 4.69) is 9.88 Å². The zero-order valence-electron chi connectivity index (χ0n) is 17.7. The number of rotatable bonds is 7. The van der Waals surface area contributed by atoms with Crippen LogP contribution in [0.3, 0.4) is 0 Å². The maximum atomic E-state index is 13.6. The molecule has 0 atom stereocenters. The van der Waals surface area contributed by atoms with Crippen molar-refractivity contribution in [2.45, 2.75) is 11.3 Å². The van der Waals surface area contributed by atoms with Crippen molar-refractivity contribution >= 4 is 54.0 Å². The Morgan fingerprint density at radius 3 is 2.72 bits per heavy atom. The first-order valence-corrected chi connectivity index (χ1v) is 13.4. The van der Waals surface area contributed by atoms with E-state index in [0.717, 1.165) is 42.5 Å². The lowest BCUT2D eigenvalue weighted by molar-refractivity contribution is 0.0376. The van der Waals surface area contributed by atoms with Gasteiger partial charge in [0.1, 0.15) is 0 Å². The van der Waals surface area contributed by atoms with E-state index < -0.39 is 9.84 Å². The Kier molecular flexibility index (Phi) is 7.11. The molecule has 0 spiro atoms. The predicted octanol–water partition coefficient (Wildman–Crippen LogP) is 3.72. The number of morpholine rings is 1. The van der Waals surface area contributed by atoms with E-state index in [1.165, 1.54) is 17.4 Å². The Balaban J connectivity index is 1.65. The highest BCUT2D eigenvalue weighted by atomic mass is 35.5. The Bertz CT molecular complexity index is 1220. The summed E-state index contributed by atoms with van der Waals surface area (Å²) in [6.45, 7) is 4.39. The summed E-state index contributed by atoms with van der Waals surface area (Å²) in [4.78, 5) is 22.2. The number of thiazole rings is 1. The number of halogens is 1. The summed E-state index contributed by atoms with van der Waals surface area (Å²) in [6.07, 6.45) is 1.84. The summed E-state index contributed by atoms with van der Waals surface area (Å²) in [7, 11) is -3.57. The molecule has 2 heterocycles. The number of carbonyl (C=O) groups is 1. The van der Waals surface area contributed by atoms with Gasteiger partial charge in [0.25, 0.3) is 5.91 Å². The second-order valence-corrected chi connectivity index (χ2v) is 11.1. The van der Waals surface area contributed by atoms with Crippen LogP contribution in [0.1, 0.15) is 16.8 Å². The molecule has 170 valence electrons. The summed E-state index contributed by atoms with van der Waals surface area (Å²) in [5, 5.41) is 1.12. The highest BCUT2D eigenvalue weighted by Gasteiger charge is 2.26. The standard InChI is InChI=1S/C22H24ClN3O4S2/c1-32(28,29)20-6-3-2-5-17(20)21(27)26(10-4-9-25-11-13-30-14-12-25)22-24-18-8-7-16(23)15-19(18)31-22/h2-3,5-8,15H,4,9-14H2,1H3. The number of sulfone groups is 1. The molecule has 1 aromatic heterocycles. The fourth-order valence-electron chi connectivity index (χ4n) is 3.68. The van der Waals surface area contributed by atoms with Crippen molar-refractivity contribution < 1.29 is 17.9 Å². The minimum atomic E-state index is -3.57. The summed E-state index contributed by atoms with van der Waals surface area (Å²) in [5.74, 6) is -0.377. The molecular formula is C22H24ClN3O4S2. The second-order valence-electron chi connectivity index (χ2n) is 7.64. The van der Waals surface area contributed by atoms with Crippen molar-refractivity contribution in [2.75, 3.05) is 50.5 Å². The van der Waals surface area contributed by atoms with Crippen molar-refractivity contribution in [1.29, 1.82) is 0 Å². The third kappa shape index (κ3) is 5.29. The lowest BCUT2D eigenvalue weighted by atomic mass is 10.2. The van der Waals surface area contributed by atoms with Gasteiger partial charge in [-0.25, -0.2) is 13.4 Å². The molecule has 3 aromatic rings. The zero-order valence-corrected chi connectivity index (χ0v) is 20.0. The van der Waals surface area contributed by atoms with Gasteiger partial charge in [-0.2, -0.15) is 0 Å². The summed E-state index contributed by atoms with van der Waals surface area (Å²) < 4.78 is 30.9. The third-order valence-corrected chi connectivity index (χ3v) is 7.72. The lowest BCUT2D eigenvalue weighted by Gasteiger charge is -2.28. The Morgan fingerprint density at radius 1 is 1.22 bits per heavy atom. The van der Waals surface area contributed by atoms with Crippen molar-refractivity contribution in [3.8, 4) is 0 Å². The number of nitrogens with zero attached hydrogens (tertiary/aromatic N) is 3. The number of hydrogen-bond acceptors (Lipinski definition) is 7. The van der Waals surface area contributed by atoms with E-state index in [0.29, 0.717) is 29.9 Å². The molecule has 10 heteroatoms. The van der Waals surface area contributed by atoms with E-state index >= 15 is 0 Å². The minimum absolute atomic E-state index is 0.0207. The molecule has 0 unspecified atom stereocenters. The van der Waals surface area contributed by atoms with Crippen LogP contribution in [-0.2, 0) is 14.6 Å². The van der Waals surface area contributed by atoms with Crippen molar-refractivity contribution in [3.05, 3.63) is 53.1 Å². The number of ether oxygens (including phenoxy) is 1. The van der Waals surface area contributed by atoms with Gasteiger partial charge in [-0.3, -0.25) is 14.6 Å². The highest BCUT2D eigenvalue weighted by Crippen LogP contribution is 2.32. The van der Waals surface area contributed by atoms with Crippen molar-refractivity contribution in [1.82, 2.24) is 9.88 Å². The Labute approximate surface area is 196 Å². The molecule has 0 saturated carbocycles. The van der Waals surface area contributed by atoms with Crippen LogP contribution >= 0.6 is 22.9 Å². The molecule has 1 fully saturated rings. The molecule has 7 nitrogen and oxygen atoms in total. The van der Waals surface area contributed by atoms with E-state index in [1.807, 2.05) is 12.1 Å². The predicted molar refractivity (Wildman–Crippen MR) is 128 cm³/mol. The number of benzene rings is 2. The zero-order chi connectivity index (χ0) is 22.7. The van der Waals surface area contributed by atoms with Crippen LogP contribution in [0.5, 0.6) is 0 Å². The fraction of sp³-hybridized carbons (Fsp3) is 0.364. The maximum absolute atomic E-state index is 13.6. The van der Waals surface area contributed by atoms with Crippen LogP contribution in [-0.4, -0.2) is 69.9 Å². The van der Waals surface area contributed by atoms with E-state index in [-0.39, 0.29) is 16.4 Å². The molecule has 0 aliphatic carbocycles.